The SMILES string of the molecule is FC(F)c1nnc(N2CCCCC2CC2CCC2)o1. The molecule has 0 bridgehead atoms. The van der Waals surface area contributed by atoms with Crippen molar-refractivity contribution in [1.82, 2.24) is 10.2 Å². The molecule has 1 aliphatic heterocycles. The predicted octanol–water partition coefficient (Wildman–Crippen LogP) is 3.56. The van der Waals surface area contributed by atoms with Crippen LogP contribution in [0.15, 0.2) is 4.42 Å². The van der Waals surface area contributed by atoms with Crippen LogP contribution < -0.4 is 4.90 Å². The zero-order valence-electron chi connectivity index (χ0n) is 10.9. The first-order valence-corrected chi connectivity index (χ1v) is 7.12. The fourth-order valence-electron chi connectivity index (χ4n) is 3.04. The van der Waals surface area contributed by atoms with Crippen LogP contribution in [0.1, 0.15) is 57.3 Å². The highest BCUT2D eigenvalue weighted by molar-refractivity contribution is 5.27. The first-order valence-electron chi connectivity index (χ1n) is 7.12. The Bertz CT molecular complexity index is 420. The maximum absolute atomic E-state index is 12.5. The third-order valence-electron chi connectivity index (χ3n) is 4.32. The van der Waals surface area contributed by atoms with Crippen LogP contribution in [0.3, 0.4) is 0 Å². The smallest absolute Gasteiger partial charge is 0.318 e. The molecule has 3 rings (SSSR count). The number of anilines is 1. The minimum atomic E-state index is -2.68. The Morgan fingerprint density at radius 2 is 2.00 bits per heavy atom. The molecule has 106 valence electrons. The minimum Gasteiger partial charge on any atom is -0.402 e. The molecule has 0 amide bonds. The van der Waals surface area contributed by atoms with Crippen LogP contribution >= 0.6 is 0 Å². The van der Waals surface area contributed by atoms with E-state index in [0.29, 0.717) is 6.04 Å². The highest BCUT2D eigenvalue weighted by Gasteiger charge is 2.31. The van der Waals surface area contributed by atoms with Crippen LogP contribution in [0.5, 0.6) is 0 Å². The zero-order chi connectivity index (χ0) is 13.2. The van der Waals surface area contributed by atoms with Crippen molar-refractivity contribution in [2.24, 2.45) is 5.92 Å². The van der Waals surface area contributed by atoms with Gasteiger partial charge < -0.3 is 9.32 Å². The number of alkyl halides is 2. The van der Waals surface area contributed by atoms with E-state index in [2.05, 4.69) is 10.2 Å². The maximum Gasteiger partial charge on any atom is 0.318 e. The molecule has 0 aromatic carbocycles. The summed E-state index contributed by atoms with van der Waals surface area (Å²) >= 11 is 0. The molecule has 2 fully saturated rings. The van der Waals surface area contributed by atoms with Crippen LogP contribution in [0.2, 0.25) is 0 Å². The standard InChI is InChI=1S/C13H19F2N3O/c14-11(15)12-16-17-13(19-12)18-7-2-1-6-10(18)8-9-4-3-5-9/h9-11H,1-8H2. The van der Waals surface area contributed by atoms with Crippen molar-refractivity contribution >= 4 is 6.01 Å². The van der Waals surface area contributed by atoms with Gasteiger partial charge in [-0.15, -0.1) is 5.10 Å². The van der Waals surface area contributed by atoms with Gasteiger partial charge in [0, 0.05) is 12.6 Å². The second kappa shape index (κ2) is 5.43. The van der Waals surface area contributed by atoms with E-state index >= 15 is 0 Å². The molecule has 19 heavy (non-hydrogen) atoms. The van der Waals surface area contributed by atoms with Gasteiger partial charge in [-0.1, -0.05) is 24.4 Å². The monoisotopic (exact) mass is 271 g/mol. The molecule has 1 unspecified atom stereocenters. The van der Waals surface area contributed by atoms with Gasteiger partial charge in [0.25, 0.3) is 5.89 Å². The summed E-state index contributed by atoms with van der Waals surface area (Å²) in [7, 11) is 0. The van der Waals surface area contributed by atoms with Gasteiger partial charge in [-0.25, -0.2) is 0 Å². The van der Waals surface area contributed by atoms with Crippen LogP contribution in [0.4, 0.5) is 14.8 Å². The first kappa shape index (κ1) is 12.8. The number of rotatable bonds is 4. The summed E-state index contributed by atoms with van der Waals surface area (Å²) in [6, 6.07) is 0.657. The molecule has 0 spiro atoms. The van der Waals surface area contributed by atoms with E-state index in [1.54, 1.807) is 0 Å². The van der Waals surface area contributed by atoms with Gasteiger partial charge >= 0.3 is 12.4 Å². The molecule has 2 heterocycles. The Morgan fingerprint density at radius 1 is 1.16 bits per heavy atom. The second-order valence-corrected chi connectivity index (χ2v) is 5.60. The lowest BCUT2D eigenvalue weighted by molar-refractivity contribution is 0.115. The highest BCUT2D eigenvalue weighted by atomic mass is 19.3. The number of piperidine rings is 1. The van der Waals surface area contributed by atoms with Crippen LogP contribution in [-0.2, 0) is 0 Å². The number of hydrogen-bond donors (Lipinski definition) is 0. The third kappa shape index (κ3) is 2.72. The van der Waals surface area contributed by atoms with E-state index in [1.807, 2.05) is 4.90 Å². The van der Waals surface area contributed by atoms with E-state index in [-0.39, 0.29) is 6.01 Å². The highest BCUT2D eigenvalue weighted by Crippen LogP contribution is 2.36. The molecule has 1 aliphatic carbocycles. The Morgan fingerprint density at radius 3 is 2.63 bits per heavy atom. The predicted molar refractivity (Wildman–Crippen MR) is 66.2 cm³/mol. The van der Waals surface area contributed by atoms with E-state index in [4.69, 9.17) is 4.42 Å². The Kier molecular flexibility index (Phi) is 3.66. The van der Waals surface area contributed by atoms with Gasteiger partial charge in [-0.05, 0) is 31.6 Å². The molecule has 0 radical (unpaired) electrons. The van der Waals surface area contributed by atoms with Crippen molar-refractivity contribution in [2.75, 3.05) is 11.4 Å². The molecular formula is C13H19F2N3O. The third-order valence-corrected chi connectivity index (χ3v) is 4.32. The fraction of sp³-hybridized carbons (Fsp3) is 0.846. The van der Waals surface area contributed by atoms with E-state index in [9.17, 15) is 8.78 Å². The minimum absolute atomic E-state index is 0.277. The summed E-state index contributed by atoms with van der Waals surface area (Å²) in [6.45, 7) is 0.836. The lowest BCUT2D eigenvalue weighted by atomic mass is 9.79. The van der Waals surface area contributed by atoms with Gasteiger partial charge in [0.1, 0.15) is 0 Å². The van der Waals surface area contributed by atoms with Crippen molar-refractivity contribution in [1.29, 1.82) is 0 Å². The van der Waals surface area contributed by atoms with Crippen molar-refractivity contribution < 1.29 is 13.2 Å². The summed E-state index contributed by atoms with van der Waals surface area (Å²) in [5.74, 6) is 0.228. The summed E-state index contributed by atoms with van der Waals surface area (Å²) in [5.41, 5.74) is 0. The Balaban J connectivity index is 1.70. The van der Waals surface area contributed by atoms with E-state index < -0.39 is 12.3 Å². The first-order chi connectivity index (χ1) is 9.24. The summed E-state index contributed by atoms with van der Waals surface area (Å²) < 4.78 is 30.1. The van der Waals surface area contributed by atoms with E-state index in [1.165, 1.54) is 25.7 Å². The number of hydrogen-bond acceptors (Lipinski definition) is 4. The van der Waals surface area contributed by atoms with Crippen LogP contribution in [0.25, 0.3) is 0 Å². The van der Waals surface area contributed by atoms with Crippen molar-refractivity contribution in [3.05, 3.63) is 5.89 Å². The van der Waals surface area contributed by atoms with Gasteiger partial charge in [0.15, 0.2) is 0 Å². The molecule has 6 heteroatoms. The number of aromatic nitrogens is 2. The molecule has 1 saturated heterocycles. The van der Waals surface area contributed by atoms with Crippen molar-refractivity contribution in [3.8, 4) is 0 Å². The van der Waals surface area contributed by atoms with Crippen molar-refractivity contribution in [3.63, 3.8) is 0 Å². The summed E-state index contributed by atoms with van der Waals surface area (Å²) in [6.07, 6.45) is 5.74. The lowest BCUT2D eigenvalue weighted by Gasteiger charge is -2.38. The summed E-state index contributed by atoms with van der Waals surface area (Å²) in [4.78, 5) is 2.04. The quantitative estimate of drug-likeness (QED) is 0.839. The van der Waals surface area contributed by atoms with E-state index in [0.717, 1.165) is 31.7 Å². The lowest BCUT2D eigenvalue weighted by Crippen LogP contribution is -2.41. The van der Waals surface area contributed by atoms with Crippen molar-refractivity contribution in [2.45, 2.75) is 57.4 Å². The normalized spacial score (nSPS) is 24.8. The summed E-state index contributed by atoms with van der Waals surface area (Å²) in [5, 5.41) is 7.22. The molecule has 1 aromatic heterocycles. The number of nitrogens with zero attached hydrogens (tertiary/aromatic N) is 3. The van der Waals surface area contributed by atoms with Gasteiger partial charge in [-0.2, -0.15) is 8.78 Å². The average molecular weight is 271 g/mol. The zero-order valence-corrected chi connectivity index (χ0v) is 10.9. The van der Waals surface area contributed by atoms with Gasteiger partial charge in [0.2, 0.25) is 0 Å². The molecule has 1 saturated carbocycles. The Hall–Kier alpha value is -1.20. The topological polar surface area (TPSA) is 42.2 Å². The molecule has 1 atom stereocenters. The molecule has 1 aromatic rings. The fourth-order valence-corrected chi connectivity index (χ4v) is 3.04. The maximum atomic E-state index is 12.5. The van der Waals surface area contributed by atoms with Gasteiger partial charge in [0.05, 0.1) is 0 Å². The Labute approximate surface area is 111 Å². The molecule has 4 nitrogen and oxygen atoms in total. The number of halogens is 2. The molecule has 0 N–H and O–H groups in total. The molecular weight excluding hydrogens is 252 g/mol. The van der Waals surface area contributed by atoms with Gasteiger partial charge in [-0.3, -0.25) is 0 Å². The largest absolute Gasteiger partial charge is 0.402 e. The van der Waals surface area contributed by atoms with Crippen LogP contribution in [-0.4, -0.2) is 22.8 Å². The average Bonchev–Trinajstić information content (AvgIpc) is 2.84. The molecule has 2 aliphatic rings. The van der Waals surface area contributed by atoms with Crippen LogP contribution in [0, 0.1) is 5.92 Å². The second-order valence-electron chi connectivity index (χ2n) is 5.60.